The van der Waals surface area contributed by atoms with Gasteiger partial charge in [-0.1, -0.05) is 17.7 Å². The maximum Gasteiger partial charge on any atom is 0.160 e. The Labute approximate surface area is 108 Å². The highest BCUT2D eigenvalue weighted by Gasteiger charge is 2.04. The maximum absolute atomic E-state index is 9.50. The summed E-state index contributed by atoms with van der Waals surface area (Å²) in [5.74, 6) is 0.727. The molecule has 0 aliphatic heterocycles. The molecule has 3 nitrogen and oxygen atoms in total. The van der Waals surface area contributed by atoms with Gasteiger partial charge in [0.25, 0.3) is 0 Å². The molecule has 0 atom stereocenters. The molecule has 98 valence electrons. The van der Waals surface area contributed by atoms with Crippen molar-refractivity contribution in [3.8, 4) is 11.5 Å². The fraction of sp³-hybridized carbons (Fsp3) is 0.467. The van der Waals surface area contributed by atoms with Crippen LogP contribution in [0.25, 0.3) is 0 Å². The van der Waals surface area contributed by atoms with E-state index >= 15 is 0 Å². The van der Waals surface area contributed by atoms with Gasteiger partial charge in [0.05, 0.1) is 7.11 Å². The largest absolute Gasteiger partial charge is 0.504 e. The summed E-state index contributed by atoms with van der Waals surface area (Å²) < 4.78 is 5.09. The van der Waals surface area contributed by atoms with E-state index in [0.717, 1.165) is 25.1 Å². The Morgan fingerprint density at radius 2 is 2.28 bits per heavy atom. The Kier molecular flexibility index (Phi) is 4.65. The summed E-state index contributed by atoms with van der Waals surface area (Å²) in [6.45, 7) is 1.82. The number of hydrogen-bond donors (Lipinski definition) is 2. The van der Waals surface area contributed by atoms with E-state index in [1.165, 1.54) is 19.3 Å². The van der Waals surface area contributed by atoms with E-state index in [2.05, 4.69) is 11.4 Å². The van der Waals surface area contributed by atoms with Crippen LogP contribution in [0.3, 0.4) is 0 Å². The number of allylic oxidation sites excluding steroid dienone is 1. The Bertz CT molecular complexity index is 427. The Morgan fingerprint density at radius 1 is 1.39 bits per heavy atom. The van der Waals surface area contributed by atoms with Crippen LogP contribution in [0.4, 0.5) is 0 Å². The van der Waals surface area contributed by atoms with Gasteiger partial charge in [-0.3, -0.25) is 0 Å². The molecule has 1 aliphatic rings. The second kappa shape index (κ2) is 6.45. The topological polar surface area (TPSA) is 41.5 Å². The molecule has 2 rings (SSSR count). The number of ether oxygens (including phenoxy) is 1. The van der Waals surface area contributed by atoms with Crippen LogP contribution in [0.2, 0.25) is 0 Å². The normalized spacial score (nSPS) is 14.6. The van der Waals surface area contributed by atoms with E-state index < -0.39 is 0 Å². The Balaban J connectivity index is 1.75. The number of benzene rings is 1. The summed E-state index contributed by atoms with van der Waals surface area (Å²) in [7, 11) is 1.57. The summed E-state index contributed by atoms with van der Waals surface area (Å²) in [5.41, 5.74) is 2.72. The van der Waals surface area contributed by atoms with Gasteiger partial charge >= 0.3 is 0 Å². The first kappa shape index (κ1) is 13.0. The van der Waals surface area contributed by atoms with Crippen LogP contribution in [-0.4, -0.2) is 18.8 Å². The fourth-order valence-corrected chi connectivity index (χ4v) is 2.28. The quantitative estimate of drug-likeness (QED) is 0.600. The van der Waals surface area contributed by atoms with Crippen LogP contribution >= 0.6 is 0 Å². The lowest BCUT2D eigenvalue weighted by atomic mass is 10.1. The van der Waals surface area contributed by atoms with Crippen LogP contribution in [-0.2, 0) is 6.54 Å². The lowest BCUT2D eigenvalue weighted by Crippen LogP contribution is -2.15. The van der Waals surface area contributed by atoms with Crippen LogP contribution < -0.4 is 10.1 Å². The highest BCUT2D eigenvalue weighted by Crippen LogP contribution is 2.26. The predicted octanol–water partition coefficient (Wildman–Crippen LogP) is 2.99. The van der Waals surface area contributed by atoms with Crippen molar-refractivity contribution in [3.05, 3.63) is 35.4 Å². The summed E-state index contributed by atoms with van der Waals surface area (Å²) in [6, 6.07) is 5.46. The summed E-state index contributed by atoms with van der Waals surface area (Å²) in [5, 5.41) is 12.9. The van der Waals surface area contributed by atoms with Crippen molar-refractivity contribution in [3.63, 3.8) is 0 Å². The number of hydrogen-bond acceptors (Lipinski definition) is 3. The van der Waals surface area contributed by atoms with E-state index in [9.17, 15) is 5.11 Å². The smallest absolute Gasteiger partial charge is 0.160 e. The molecule has 0 saturated heterocycles. The second-order valence-corrected chi connectivity index (χ2v) is 4.69. The Hall–Kier alpha value is -1.48. The van der Waals surface area contributed by atoms with E-state index in [1.807, 2.05) is 12.1 Å². The van der Waals surface area contributed by atoms with E-state index in [0.29, 0.717) is 5.75 Å². The van der Waals surface area contributed by atoms with Gasteiger partial charge in [-0.15, -0.1) is 0 Å². The van der Waals surface area contributed by atoms with Gasteiger partial charge in [-0.05, 0) is 49.9 Å². The van der Waals surface area contributed by atoms with E-state index in [4.69, 9.17) is 4.74 Å². The molecule has 0 bridgehead atoms. The monoisotopic (exact) mass is 247 g/mol. The van der Waals surface area contributed by atoms with Crippen LogP contribution in [0.1, 0.15) is 31.2 Å². The third-order valence-corrected chi connectivity index (χ3v) is 3.33. The van der Waals surface area contributed by atoms with Crippen molar-refractivity contribution < 1.29 is 9.84 Å². The van der Waals surface area contributed by atoms with Crippen molar-refractivity contribution in [1.29, 1.82) is 0 Å². The average molecular weight is 247 g/mol. The molecule has 3 heteroatoms. The van der Waals surface area contributed by atoms with Crippen molar-refractivity contribution >= 4 is 0 Å². The first-order valence-corrected chi connectivity index (χ1v) is 6.54. The van der Waals surface area contributed by atoms with Gasteiger partial charge in [0, 0.05) is 6.54 Å². The highest BCUT2D eigenvalue weighted by atomic mass is 16.5. The minimum atomic E-state index is 0.192. The van der Waals surface area contributed by atoms with Crippen LogP contribution in [0.5, 0.6) is 11.5 Å². The van der Waals surface area contributed by atoms with Crippen molar-refractivity contribution in [2.45, 2.75) is 32.2 Å². The van der Waals surface area contributed by atoms with Gasteiger partial charge in [0.15, 0.2) is 11.5 Å². The minimum Gasteiger partial charge on any atom is -0.504 e. The van der Waals surface area contributed by atoms with Gasteiger partial charge in [-0.2, -0.15) is 0 Å². The zero-order chi connectivity index (χ0) is 12.8. The standard InChI is InChI=1S/C15H21NO2/c1-18-15-10-13(6-7-14(15)17)11-16-9-8-12-4-2-3-5-12/h4,6-7,10,16-17H,2-3,5,8-9,11H2,1H3. The number of nitrogens with one attached hydrogen (secondary N) is 1. The molecular formula is C15H21NO2. The van der Waals surface area contributed by atoms with Gasteiger partial charge in [-0.25, -0.2) is 0 Å². The lowest BCUT2D eigenvalue weighted by molar-refractivity contribution is 0.373. The minimum absolute atomic E-state index is 0.192. The molecule has 0 spiro atoms. The molecule has 0 aromatic heterocycles. The molecule has 0 unspecified atom stereocenters. The van der Waals surface area contributed by atoms with Crippen molar-refractivity contribution in [2.75, 3.05) is 13.7 Å². The number of aromatic hydroxyl groups is 1. The van der Waals surface area contributed by atoms with E-state index in [1.54, 1.807) is 18.7 Å². The van der Waals surface area contributed by atoms with Gasteiger partial charge in [0.2, 0.25) is 0 Å². The Morgan fingerprint density at radius 3 is 3.00 bits per heavy atom. The molecule has 2 N–H and O–H groups in total. The molecule has 0 radical (unpaired) electrons. The number of phenols is 1. The van der Waals surface area contributed by atoms with Crippen LogP contribution in [0.15, 0.2) is 29.8 Å². The number of methoxy groups -OCH3 is 1. The molecule has 0 amide bonds. The van der Waals surface area contributed by atoms with Crippen molar-refractivity contribution in [2.24, 2.45) is 0 Å². The molecule has 0 heterocycles. The fourth-order valence-electron chi connectivity index (χ4n) is 2.28. The molecular weight excluding hydrogens is 226 g/mol. The summed E-state index contributed by atoms with van der Waals surface area (Å²) in [4.78, 5) is 0. The third-order valence-electron chi connectivity index (χ3n) is 3.33. The summed E-state index contributed by atoms with van der Waals surface area (Å²) >= 11 is 0. The van der Waals surface area contributed by atoms with Crippen LogP contribution in [0, 0.1) is 0 Å². The molecule has 1 aromatic rings. The molecule has 0 saturated carbocycles. The first-order valence-electron chi connectivity index (χ1n) is 6.54. The first-order chi connectivity index (χ1) is 8.79. The van der Waals surface area contributed by atoms with Gasteiger partial charge in [0.1, 0.15) is 0 Å². The van der Waals surface area contributed by atoms with E-state index in [-0.39, 0.29) is 5.75 Å². The number of rotatable bonds is 6. The predicted molar refractivity (Wildman–Crippen MR) is 72.9 cm³/mol. The highest BCUT2D eigenvalue weighted by molar-refractivity contribution is 5.41. The van der Waals surface area contributed by atoms with Gasteiger partial charge < -0.3 is 15.2 Å². The third kappa shape index (κ3) is 3.50. The SMILES string of the molecule is COc1cc(CNCCC2=CCCC2)ccc1O. The second-order valence-electron chi connectivity index (χ2n) is 4.69. The maximum atomic E-state index is 9.50. The average Bonchev–Trinajstić information content (AvgIpc) is 2.89. The molecule has 0 fully saturated rings. The molecule has 18 heavy (non-hydrogen) atoms. The zero-order valence-electron chi connectivity index (χ0n) is 10.9. The lowest BCUT2D eigenvalue weighted by Gasteiger charge is -2.08. The number of phenolic OH excluding ortho intramolecular Hbond substituents is 1. The zero-order valence-corrected chi connectivity index (χ0v) is 10.9. The molecule has 1 aromatic carbocycles. The molecule has 1 aliphatic carbocycles. The van der Waals surface area contributed by atoms with Crippen molar-refractivity contribution in [1.82, 2.24) is 5.32 Å². The summed E-state index contributed by atoms with van der Waals surface area (Å²) in [6.07, 6.45) is 7.37.